The molecule has 3 heteroatoms. The van der Waals surface area contributed by atoms with E-state index in [0.717, 1.165) is 11.3 Å². The molecule has 0 aliphatic heterocycles. The van der Waals surface area contributed by atoms with Gasteiger partial charge >= 0.3 is 0 Å². The van der Waals surface area contributed by atoms with Crippen LogP contribution < -0.4 is 4.74 Å². The molecule has 0 saturated heterocycles. The maximum absolute atomic E-state index is 11.4. The Morgan fingerprint density at radius 1 is 1.44 bits per heavy atom. The van der Waals surface area contributed by atoms with Crippen LogP contribution in [0.3, 0.4) is 0 Å². The quantitative estimate of drug-likeness (QED) is 0.798. The Balaban J connectivity index is 2.80. The maximum atomic E-state index is 11.4. The van der Waals surface area contributed by atoms with Crippen molar-refractivity contribution in [3.05, 3.63) is 29.8 Å². The molecule has 0 amide bonds. The lowest BCUT2D eigenvalue weighted by Crippen LogP contribution is -2.16. The summed E-state index contributed by atoms with van der Waals surface area (Å²) in [7, 11) is 1.62. The average molecular weight is 222 g/mol. The molecule has 1 N–H and O–H groups in total. The van der Waals surface area contributed by atoms with Crippen LogP contribution >= 0.6 is 0 Å². The van der Waals surface area contributed by atoms with Crippen LogP contribution in [-0.4, -0.2) is 24.6 Å². The van der Waals surface area contributed by atoms with E-state index in [4.69, 9.17) is 9.84 Å². The van der Waals surface area contributed by atoms with Gasteiger partial charge in [-0.25, -0.2) is 0 Å². The summed E-state index contributed by atoms with van der Waals surface area (Å²) in [6, 6.07) is 7.66. The SMILES string of the molecule is COc1ccccc1CC(CCO)C(C)=O. The molecule has 0 aromatic heterocycles. The van der Waals surface area contributed by atoms with Crippen LogP contribution in [-0.2, 0) is 11.2 Å². The van der Waals surface area contributed by atoms with Crippen molar-refractivity contribution < 1.29 is 14.6 Å². The highest BCUT2D eigenvalue weighted by atomic mass is 16.5. The number of carbonyl (C=O) groups excluding carboxylic acids is 1. The van der Waals surface area contributed by atoms with Gasteiger partial charge in [0, 0.05) is 12.5 Å². The van der Waals surface area contributed by atoms with Gasteiger partial charge < -0.3 is 9.84 Å². The molecule has 0 aliphatic carbocycles. The highest BCUT2D eigenvalue weighted by molar-refractivity contribution is 5.78. The molecule has 1 aromatic carbocycles. The third-order valence-corrected chi connectivity index (χ3v) is 2.71. The molecular weight excluding hydrogens is 204 g/mol. The Hall–Kier alpha value is -1.35. The van der Waals surface area contributed by atoms with E-state index in [1.54, 1.807) is 14.0 Å². The van der Waals surface area contributed by atoms with Crippen LogP contribution in [0, 0.1) is 5.92 Å². The number of methoxy groups -OCH3 is 1. The van der Waals surface area contributed by atoms with E-state index in [1.165, 1.54) is 0 Å². The van der Waals surface area contributed by atoms with Gasteiger partial charge in [-0.3, -0.25) is 4.79 Å². The lowest BCUT2D eigenvalue weighted by molar-refractivity contribution is -0.121. The molecule has 0 heterocycles. The zero-order chi connectivity index (χ0) is 12.0. The maximum Gasteiger partial charge on any atom is 0.133 e. The van der Waals surface area contributed by atoms with Gasteiger partial charge in [0.25, 0.3) is 0 Å². The summed E-state index contributed by atoms with van der Waals surface area (Å²) in [5.41, 5.74) is 1.01. The van der Waals surface area contributed by atoms with Crippen molar-refractivity contribution in [1.82, 2.24) is 0 Å². The molecule has 1 rings (SSSR count). The second-order valence-corrected chi connectivity index (χ2v) is 3.84. The Morgan fingerprint density at radius 2 is 2.12 bits per heavy atom. The van der Waals surface area contributed by atoms with Gasteiger partial charge in [0.2, 0.25) is 0 Å². The fraction of sp³-hybridized carbons (Fsp3) is 0.462. The summed E-state index contributed by atoms with van der Waals surface area (Å²) in [5, 5.41) is 8.91. The number of aliphatic hydroxyl groups excluding tert-OH is 1. The first-order valence-electron chi connectivity index (χ1n) is 5.42. The molecule has 1 aromatic rings. The standard InChI is InChI=1S/C13H18O3/c1-10(15)11(7-8-14)9-12-5-3-4-6-13(12)16-2/h3-6,11,14H,7-9H2,1-2H3. The molecule has 0 bridgehead atoms. The average Bonchev–Trinajstić information content (AvgIpc) is 2.29. The van der Waals surface area contributed by atoms with Gasteiger partial charge in [0.1, 0.15) is 11.5 Å². The lowest BCUT2D eigenvalue weighted by Gasteiger charge is -2.14. The van der Waals surface area contributed by atoms with Gasteiger partial charge in [0.15, 0.2) is 0 Å². The number of hydrogen-bond acceptors (Lipinski definition) is 3. The molecule has 1 unspecified atom stereocenters. The first-order valence-corrected chi connectivity index (χ1v) is 5.42. The van der Waals surface area contributed by atoms with Gasteiger partial charge in [-0.1, -0.05) is 18.2 Å². The van der Waals surface area contributed by atoms with Crippen molar-refractivity contribution >= 4 is 5.78 Å². The van der Waals surface area contributed by atoms with E-state index in [-0.39, 0.29) is 18.3 Å². The normalized spacial score (nSPS) is 12.2. The summed E-state index contributed by atoms with van der Waals surface area (Å²) < 4.78 is 5.23. The predicted molar refractivity (Wildman–Crippen MR) is 62.6 cm³/mol. The number of ether oxygens (including phenoxy) is 1. The van der Waals surface area contributed by atoms with Crippen LogP contribution in [0.25, 0.3) is 0 Å². The smallest absolute Gasteiger partial charge is 0.133 e. The topological polar surface area (TPSA) is 46.5 Å². The van der Waals surface area contributed by atoms with Crippen molar-refractivity contribution in [2.75, 3.05) is 13.7 Å². The summed E-state index contributed by atoms with van der Waals surface area (Å²) in [6.07, 6.45) is 1.13. The number of hydrogen-bond donors (Lipinski definition) is 1. The number of para-hydroxylation sites is 1. The van der Waals surface area contributed by atoms with Gasteiger partial charge in [-0.15, -0.1) is 0 Å². The number of aliphatic hydroxyl groups is 1. The van der Waals surface area contributed by atoms with E-state index >= 15 is 0 Å². The van der Waals surface area contributed by atoms with Crippen molar-refractivity contribution in [3.8, 4) is 5.75 Å². The Morgan fingerprint density at radius 3 is 2.69 bits per heavy atom. The second-order valence-electron chi connectivity index (χ2n) is 3.84. The molecule has 0 spiro atoms. The summed E-state index contributed by atoms with van der Waals surface area (Å²) in [5.74, 6) is 0.785. The third-order valence-electron chi connectivity index (χ3n) is 2.71. The van der Waals surface area contributed by atoms with Crippen molar-refractivity contribution in [2.24, 2.45) is 5.92 Å². The van der Waals surface area contributed by atoms with Gasteiger partial charge in [-0.2, -0.15) is 0 Å². The molecule has 0 saturated carbocycles. The summed E-state index contributed by atoms with van der Waals surface area (Å²) in [6.45, 7) is 1.61. The highest BCUT2D eigenvalue weighted by Gasteiger charge is 2.16. The van der Waals surface area contributed by atoms with E-state index in [9.17, 15) is 4.79 Å². The van der Waals surface area contributed by atoms with E-state index in [1.807, 2.05) is 24.3 Å². The number of benzene rings is 1. The summed E-state index contributed by atoms with van der Waals surface area (Å²) in [4.78, 5) is 11.4. The molecule has 16 heavy (non-hydrogen) atoms. The first kappa shape index (κ1) is 12.7. The number of carbonyl (C=O) groups is 1. The van der Waals surface area contributed by atoms with Crippen LogP contribution in [0.1, 0.15) is 18.9 Å². The zero-order valence-electron chi connectivity index (χ0n) is 9.77. The summed E-state index contributed by atoms with van der Waals surface area (Å²) >= 11 is 0. The molecule has 0 aliphatic rings. The van der Waals surface area contributed by atoms with Crippen LogP contribution in [0.15, 0.2) is 24.3 Å². The Bertz CT molecular complexity index is 347. The fourth-order valence-electron chi connectivity index (χ4n) is 1.74. The number of Topliss-reactive ketones (excluding diaryl/α,β-unsaturated/α-hetero) is 1. The number of rotatable bonds is 6. The molecular formula is C13H18O3. The Labute approximate surface area is 96.1 Å². The van der Waals surface area contributed by atoms with E-state index in [2.05, 4.69) is 0 Å². The molecule has 1 atom stereocenters. The minimum atomic E-state index is -0.124. The zero-order valence-corrected chi connectivity index (χ0v) is 9.77. The minimum absolute atomic E-state index is 0.0411. The van der Waals surface area contributed by atoms with Gasteiger partial charge in [-0.05, 0) is 31.4 Å². The highest BCUT2D eigenvalue weighted by Crippen LogP contribution is 2.22. The van der Waals surface area contributed by atoms with Crippen LogP contribution in [0.2, 0.25) is 0 Å². The molecule has 0 radical (unpaired) electrons. The largest absolute Gasteiger partial charge is 0.496 e. The third kappa shape index (κ3) is 3.35. The van der Waals surface area contributed by atoms with Crippen molar-refractivity contribution in [2.45, 2.75) is 19.8 Å². The lowest BCUT2D eigenvalue weighted by atomic mass is 9.93. The predicted octanol–water partition coefficient (Wildman–Crippen LogP) is 1.83. The van der Waals surface area contributed by atoms with E-state index < -0.39 is 0 Å². The molecule has 88 valence electrons. The Kier molecular flexibility index (Phi) is 4.99. The minimum Gasteiger partial charge on any atom is -0.496 e. The fourth-order valence-corrected chi connectivity index (χ4v) is 1.74. The van der Waals surface area contributed by atoms with Gasteiger partial charge in [0.05, 0.1) is 7.11 Å². The molecule has 3 nitrogen and oxygen atoms in total. The molecule has 0 fully saturated rings. The van der Waals surface area contributed by atoms with Crippen LogP contribution in [0.5, 0.6) is 5.75 Å². The monoisotopic (exact) mass is 222 g/mol. The second kappa shape index (κ2) is 6.28. The number of ketones is 1. The van der Waals surface area contributed by atoms with Crippen LogP contribution in [0.4, 0.5) is 0 Å². The van der Waals surface area contributed by atoms with Crippen molar-refractivity contribution in [3.63, 3.8) is 0 Å². The van der Waals surface area contributed by atoms with E-state index in [0.29, 0.717) is 12.8 Å². The first-order chi connectivity index (χ1) is 7.69. The van der Waals surface area contributed by atoms with Crippen molar-refractivity contribution in [1.29, 1.82) is 0 Å².